The van der Waals surface area contributed by atoms with Gasteiger partial charge in [0.1, 0.15) is 5.70 Å². The van der Waals surface area contributed by atoms with E-state index >= 15 is 0 Å². The lowest BCUT2D eigenvalue weighted by Gasteiger charge is -2.16. The third-order valence-corrected chi connectivity index (χ3v) is 5.29. The van der Waals surface area contributed by atoms with Gasteiger partial charge in [-0.05, 0) is 35.7 Å². The molecular formula is C24H19ClN2O2. The highest BCUT2D eigenvalue weighted by molar-refractivity contribution is 6.36. The fourth-order valence-electron chi connectivity index (χ4n) is 3.35. The molecule has 0 bridgehead atoms. The average Bonchev–Trinajstić information content (AvgIpc) is 2.96. The Balaban J connectivity index is 1.76. The lowest BCUT2D eigenvalue weighted by atomic mass is 10.0. The summed E-state index contributed by atoms with van der Waals surface area (Å²) in [4.78, 5) is 27.8. The smallest absolute Gasteiger partial charge is 0.278 e. The van der Waals surface area contributed by atoms with Crippen LogP contribution in [0.3, 0.4) is 0 Å². The quantitative estimate of drug-likeness (QED) is 0.608. The van der Waals surface area contributed by atoms with Crippen LogP contribution in [-0.2, 0) is 16.1 Å². The van der Waals surface area contributed by atoms with E-state index in [1.54, 1.807) is 6.07 Å². The lowest BCUT2D eigenvalue weighted by Crippen LogP contribution is -2.32. The Morgan fingerprint density at radius 2 is 1.48 bits per heavy atom. The van der Waals surface area contributed by atoms with Gasteiger partial charge in [-0.15, -0.1) is 0 Å². The van der Waals surface area contributed by atoms with Gasteiger partial charge in [0.05, 0.1) is 12.1 Å². The number of benzene rings is 3. The Morgan fingerprint density at radius 1 is 0.828 bits per heavy atom. The first-order valence-corrected chi connectivity index (χ1v) is 9.66. The van der Waals surface area contributed by atoms with E-state index in [9.17, 15) is 9.59 Å². The van der Waals surface area contributed by atoms with Crippen molar-refractivity contribution in [3.63, 3.8) is 0 Å². The molecule has 3 aromatic rings. The standard InChI is InChI=1S/C24H19ClN2O2/c1-16-9-5-8-14-20(16)26-22-21(17-10-3-2-4-11-17)23(28)27(24(22)29)15-18-12-6-7-13-19(18)25/h2-14,26H,15H2,1H3. The number of imide groups is 1. The predicted octanol–water partition coefficient (Wildman–Crippen LogP) is 5.04. The summed E-state index contributed by atoms with van der Waals surface area (Å²) in [6.07, 6.45) is 0. The van der Waals surface area contributed by atoms with Gasteiger partial charge in [-0.1, -0.05) is 78.3 Å². The zero-order valence-electron chi connectivity index (χ0n) is 15.9. The van der Waals surface area contributed by atoms with Crippen LogP contribution in [0, 0.1) is 6.92 Å². The van der Waals surface area contributed by atoms with Crippen LogP contribution in [0.25, 0.3) is 5.57 Å². The lowest BCUT2D eigenvalue weighted by molar-refractivity contribution is -0.137. The molecule has 4 nitrogen and oxygen atoms in total. The fourth-order valence-corrected chi connectivity index (χ4v) is 3.55. The molecule has 0 fully saturated rings. The number of amides is 2. The van der Waals surface area contributed by atoms with Gasteiger partial charge in [-0.2, -0.15) is 0 Å². The first-order chi connectivity index (χ1) is 14.1. The average molecular weight is 403 g/mol. The number of rotatable bonds is 5. The second-order valence-corrected chi connectivity index (χ2v) is 7.25. The molecule has 1 aliphatic heterocycles. The summed E-state index contributed by atoms with van der Waals surface area (Å²) in [6.45, 7) is 2.07. The van der Waals surface area contributed by atoms with E-state index in [2.05, 4.69) is 5.32 Å². The molecule has 4 rings (SSSR count). The van der Waals surface area contributed by atoms with Crippen molar-refractivity contribution in [2.45, 2.75) is 13.5 Å². The van der Waals surface area contributed by atoms with Crippen molar-refractivity contribution < 1.29 is 9.59 Å². The zero-order chi connectivity index (χ0) is 20.4. The van der Waals surface area contributed by atoms with Gasteiger partial charge in [0.2, 0.25) is 0 Å². The molecule has 0 aromatic heterocycles. The maximum atomic E-state index is 13.3. The minimum atomic E-state index is -0.364. The summed E-state index contributed by atoms with van der Waals surface area (Å²) in [7, 11) is 0. The van der Waals surface area contributed by atoms with Crippen molar-refractivity contribution in [2.24, 2.45) is 0 Å². The number of halogens is 1. The molecule has 0 radical (unpaired) electrons. The molecule has 0 atom stereocenters. The summed E-state index contributed by atoms with van der Waals surface area (Å²) < 4.78 is 0. The van der Waals surface area contributed by atoms with Crippen LogP contribution in [0.5, 0.6) is 0 Å². The van der Waals surface area contributed by atoms with Crippen LogP contribution in [0.4, 0.5) is 5.69 Å². The summed E-state index contributed by atoms with van der Waals surface area (Å²) in [6, 6.07) is 24.1. The number of hydrogen-bond acceptors (Lipinski definition) is 3. The molecule has 0 spiro atoms. The maximum Gasteiger partial charge on any atom is 0.278 e. The highest BCUT2D eigenvalue weighted by Gasteiger charge is 2.39. The molecule has 0 saturated carbocycles. The molecule has 29 heavy (non-hydrogen) atoms. The Bertz CT molecular complexity index is 1120. The molecule has 3 aromatic carbocycles. The molecule has 1 aliphatic rings. The van der Waals surface area contributed by atoms with Crippen molar-refractivity contribution >= 4 is 34.7 Å². The molecule has 1 N–H and O–H groups in total. The van der Waals surface area contributed by atoms with Gasteiger partial charge in [0, 0.05) is 10.7 Å². The predicted molar refractivity (Wildman–Crippen MR) is 115 cm³/mol. The number of nitrogens with zero attached hydrogens (tertiary/aromatic N) is 1. The van der Waals surface area contributed by atoms with Gasteiger partial charge in [0.15, 0.2) is 0 Å². The van der Waals surface area contributed by atoms with Crippen molar-refractivity contribution in [1.29, 1.82) is 0 Å². The van der Waals surface area contributed by atoms with Crippen LogP contribution in [-0.4, -0.2) is 16.7 Å². The van der Waals surface area contributed by atoms with Gasteiger partial charge in [-0.3, -0.25) is 14.5 Å². The van der Waals surface area contributed by atoms with Gasteiger partial charge < -0.3 is 5.32 Å². The Labute approximate surface area is 174 Å². The van der Waals surface area contributed by atoms with Crippen LogP contribution in [0.15, 0.2) is 84.6 Å². The van der Waals surface area contributed by atoms with E-state index in [0.717, 1.165) is 16.8 Å². The summed E-state index contributed by atoms with van der Waals surface area (Å²) in [5.41, 5.74) is 3.84. The highest BCUT2D eigenvalue weighted by Crippen LogP contribution is 2.32. The van der Waals surface area contributed by atoms with E-state index in [4.69, 9.17) is 11.6 Å². The van der Waals surface area contributed by atoms with Crippen LogP contribution < -0.4 is 5.32 Å². The SMILES string of the molecule is Cc1ccccc1NC1=C(c2ccccc2)C(=O)N(Cc2ccccc2Cl)C1=O. The minimum absolute atomic E-state index is 0.118. The first kappa shape index (κ1) is 19.0. The Hall–Kier alpha value is -3.37. The number of hydrogen-bond donors (Lipinski definition) is 1. The molecule has 1 heterocycles. The van der Waals surface area contributed by atoms with Crippen molar-refractivity contribution in [3.05, 3.63) is 106 Å². The topological polar surface area (TPSA) is 49.4 Å². The molecule has 0 unspecified atom stereocenters. The molecule has 5 heteroatoms. The fraction of sp³-hybridized carbons (Fsp3) is 0.0833. The number of para-hydroxylation sites is 1. The number of carbonyl (C=O) groups excluding carboxylic acids is 2. The van der Waals surface area contributed by atoms with Crippen molar-refractivity contribution in [3.8, 4) is 0 Å². The molecular weight excluding hydrogens is 384 g/mol. The Morgan fingerprint density at radius 3 is 2.21 bits per heavy atom. The van der Waals surface area contributed by atoms with Gasteiger partial charge in [-0.25, -0.2) is 0 Å². The maximum absolute atomic E-state index is 13.3. The molecule has 144 valence electrons. The third-order valence-electron chi connectivity index (χ3n) is 4.92. The number of nitrogens with one attached hydrogen (secondary N) is 1. The van der Waals surface area contributed by atoms with Gasteiger partial charge >= 0.3 is 0 Å². The highest BCUT2D eigenvalue weighted by atomic mass is 35.5. The largest absolute Gasteiger partial charge is 0.350 e. The monoisotopic (exact) mass is 402 g/mol. The van der Waals surface area contributed by atoms with E-state index in [1.165, 1.54) is 4.90 Å². The second-order valence-electron chi connectivity index (χ2n) is 6.84. The van der Waals surface area contributed by atoms with E-state index in [-0.39, 0.29) is 24.1 Å². The van der Waals surface area contributed by atoms with Crippen molar-refractivity contribution in [1.82, 2.24) is 4.90 Å². The number of anilines is 1. The summed E-state index contributed by atoms with van der Waals surface area (Å²) in [5.74, 6) is -0.700. The van der Waals surface area contributed by atoms with E-state index < -0.39 is 0 Å². The molecule has 0 aliphatic carbocycles. The summed E-state index contributed by atoms with van der Waals surface area (Å²) in [5, 5.41) is 3.73. The zero-order valence-corrected chi connectivity index (χ0v) is 16.6. The Kier molecular flexibility index (Phi) is 5.19. The number of aryl methyl sites for hydroxylation is 1. The van der Waals surface area contributed by atoms with Crippen LogP contribution >= 0.6 is 11.6 Å². The van der Waals surface area contributed by atoms with Crippen molar-refractivity contribution in [2.75, 3.05) is 5.32 Å². The van der Waals surface area contributed by atoms with Crippen LogP contribution in [0.1, 0.15) is 16.7 Å². The molecule has 2 amide bonds. The normalized spacial score (nSPS) is 13.9. The van der Waals surface area contributed by atoms with Gasteiger partial charge in [0.25, 0.3) is 11.8 Å². The van der Waals surface area contributed by atoms with E-state index in [0.29, 0.717) is 16.2 Å². The third kappa shape index (κ3) is 3.67. The minimum Gasteiger partial charge on any atom is -0.350 e. The molecule has 0 saturated heterocycles. The van der Waals surface area contributed by atoms with E-state index in [1.807, 2.05) is 79.7 Å². The summed E-state index contributed by atoms with van der Waals surface area (Å²) >= 11 is 6.26. The van der Waals surface area contributed by atoms with Crippen LogP contribution in [0.2, 0.25) is 5.02 Å². The second kappa shape index (κ2) is 7.94. The number of carbonyl (C=O) groups is 2. The first-order valence-electron chi connectivity index (χ1n) is 9.28.